The highest BCUT2D eigenvalue weighted by Crippen LogP contribution is 2.21. The molecule has 0 saturated carbocycles. The second kappa shape index (κ2) is 8.89. The Bertz CT molecular complexity index is 490. The molecule has 116 valence electrons. The van der Waals surface area contributed by atoms with E-state index in [-0.39, 0.29) is 17.1 Å². The molecule has 1 rings (SSSR count). The zero-order valence-corrected chi connectivity index (χ0v) is 12.1. The standard InChI is InChI=1S/C14H20N2O5/c1-2-3-4-5-6-7-8-21-13-12(14(17)18)9-11(10-15-13)16(19)20/h9-10H,2-8H2,1H3,(H,17,18). The van der Waals surface area contributed by atoms with Crippen molar-refractivity contribution in [3.8, 4) is 5.88 Å². The van der Waals surface area contributed by atoms with Gasteiger partial charge in [0.2, 0.25) is 5.88 Å². The first-order valence-corrected chi connectivity index (χ1v) is 7.06. The van der Waals surface area contributed by atoms with Crippen molar-refractivity contribution >= 4 is 11.7 Å². The van der Waals surface area contributed by atoms with Crippen molar-refractivity contribution in [3.63, 3.8) is 0 Å². The first-order chi connectivity index (χ1) is 10.1. The number of unbranched alkanes of at least 4 members (excludes halogenated alkanes) is 5. The van der Waals surface area contributed by atoms with Crippen LogP contribution in [0.3, 0.4) is 0 Å². The van der Waals surface area contributed by atoms with E-state index in [0.717, 1.165) is 31.5 Å². The maximum atomic E-state index is 11.1. The summed E-state index contributed by atoms with van der Waals surface area (Å²) in [4.78, 5) is 24.7. The van der Waals surface area contributed by atoms with Crippen LogP contribution >= 0.6 is 0 Å². The maximum Gasteiger partial charge on any atom is 0.341 e. The molecule has 1 aromatic rings. The number of aromatic carboxylic acids is 1. The lowest BCUT2D eigenvalue weighted by Gasteiger charge is -2.07. The van der Waals surface area contributed by atoms with Gasteiger partial charge in [0.15, 0.2) is 0 Å². The predicted octanol–water partition coefficient (Wildman–Crippen LogP) is 3.43. The molecular weight excluding hydrogens is 276 g/mol. The molecule has 0 aliphatic rings. The van der Waals surface area contributed by atoms with Crippen LogP contribution in [0.2, 0.25) is 0 Å². The Morgan fingerprint density at radius 2 is 2.00 bits per heavy atom. The quantitative estimate of drug-likeness (QED) is 0.403. The predicted molar refractivity (Wildman–Crippen MR) is 76.7 cm³/mol. The first-order valence-electron chi connectivity index (χ1n) is 7.06. The van der Waals surface area contributed by atoms with Crippen LogP contribution in [0.5, 0.6) is 5.88 Å². The fourth-order valence-electron chi connectivity index (χ4n) is 1.86. The summed E-state index contributed by atoms with van der Waals surface area (Å²) >= 11 is 0. The van der Waals surface area contributed by atoms with Gasteiger partial charge in [0.1, 0.15) is 11.8 Å². The highest BCUT2D eigenvalue weighted by atomic mass is 16.6. The van der Waals surface area contributed by atoms with Crippen LogP contribution in [0.15, 0.2) is 12.3 Å². The zero-order chi connectivity index (χ0) is 15.7. The summed E-state index contributed by atoms with van der Waals surface area (Å²) in [5.74, 6) is -1.36. The van der Waals surface area contributed by atoms with Crippen molar-refractivity contribution in [1.29, 1.82) is 0 Å². The third kappa shape index (κ3) is 5.76. The van der Waals surface area contributed by atoms with E-state index in [1.165, 1.54) is 19.3 Å². The number of carboxylic acid groups (broad SMARTS) is 1. The van der Waals surface area contributed by atoms with Crippen LogP contribution in [0.1, 0.15) is 55.8 Å². The Morgan fingerprint density at radius 1 is 1.33 bits per heavy atom. The third-order valence-electron chi connectivity index (χ3n) is 3.01. The molecule has 0 aliphatic heterocycles. The number of aromatic nitrogens is 1. The van der Waals surface area contributed by atoms with Gasteiger partial charge in [0.05, 0.1) is 11.5 Å². The molecule has 1 aromatic heterocycles. The summed E-state index contributed by atoms with van der Waals surface area (Å²) in [6.45, 7) is 2.51. The SMILES string of the molecule is CCCCCCCCOc1ncc([N+](=O)[O-])cc1C(=O)O. The number of carboxylic acids is 1. The number of hydrogen-bond donors (Lipinski definition) is 1. The summed E-state index contributed by atoms with van der Waals surface area (Å²) in [7, 11) is 0. The van der Waals surface area contributed by atoms with E-state index in [1.54, 1.807) is 0 Å². The molecule has 0 spiro atoms. The molecule has 0 aliphatic carbocycles. The molecule has 0 saturated heterocycles. The van der Waals surface area contributed by atoms with Crippen molar-refractivity contribution in [2.75, 3.05) is 6.61 Å². The second-order valence-corrected chi connectivity index (χ2v) is 4.72. The minimum absolute atomic E-state index is 0.0679. The van der Waals surface area contributed by atoms with E-state index < -0.39 is 10.9 Å². The zero-order valence-electron chi connectivity index (χ0n) is 12.1. The Balaban J connectivity index is 2.51. The van der Waals surface area contributed by atoms with Crippen LogP contribution in [-0.2, 0) is 0 Å². The van der Waals surface area contributed by atoms with E-state index in [0.29, 0.717) is 6.61 Å². The van der Waals surface area contributed by atoms with Crippen LogP contribution in [0.4, 0.5) is 5.69 Å². The average molecular weight is 296 g/mol. The van der Waals surface area contributed by atoms with Gasteiger partial charge in [-0.25, -0.2) is 9.78 Å². The van der Waals surface area contributed by atoms with Gasteiger partial charge in [0, 0.05) is 6.07 Å². The molecular formula is C14H20N2O5. The number of ether oxygens (including phenoxy) is 1. The lowest BCUT2D eigenvalue weighted by molar-refractivity contribution is -0.385. The molecule has 1 heterocycles. The van der Waals surface area contributed by atoms with E-state index >= 15 is 0 Å². The minimum Gasteiger partial charge on any atom is -0.477 e. The summed E-state index contributed by atoms with van der Waals surface area (Å²) in [5.41, 5.74) is -0.644. The van der Waals surface area contributed by atoms with E-state index in [9.17, 15) is 14.9 Å². The molecule has 0 fully saturated rings. The molecule has 0 atom stereocenters. The number of nitrogens with zero attached hydrogens (tertiary/aromatic N) is 2. The molecule has 0 radical (unpaired) electrons. The highest BCUT2D eigenvalue weighted by Gasteiger charge is 2.18. The molecule has 1 N–H and O–H groups in total. The first kappa shape index (κ1) is 16.9. The van der Waals surface area contributed by atoms with Crippen LogP contribution < -0.4 is 4.74 Å². The van der Waals surface area contributed by atoms with Gasteiger partial charge in [-0.05, 0) is 6.42 Å². The lowest BCUT2D eigenvalue weighted by Crippen LogP contribution is -2.07. The van der Waals surface area contributed by atoms with Gasteiger partial charge >= 0.3 is 5.97 Å². The third-order valence-corrected chi connectivity index (χ3v) is 3.01. The highest BCUT2D eigenvalue weighted by molar-refractivity contribution is 5.90. The molecule has 21 heavy (non-hydrogen) atoms. The van der Waals surface area contributed by atoms with Gasteiger partial charge in [-0.15, -0.1) is 0 Å². The number of nitro groups is 1. The van der Waals surface area contributed by atoms with Crippen LogP contribution in [0.25, 0.3) is 0 Å². The van der Waals surface area contributed by atoms with Crippen molar-refractivity contribution in [3.05, 3.63) is 27.9 Å². The molecule has 0 bridgehead atoms. The van der Waals surface area contributed by atoms with Gasteiger partial charge in [-0.1, -0.05) is 39.0 Å². The fraction of sp³-hybridized carbons (Fsp3) is 0.571. The molecule has 0 aromatic carbocycles. The summed E-state index contributed by atoms with van der Waals surface area (Å²) in [6.07, 6.45) is 7.53. The van der Waals surface area contributed by atoms with E-state index in [4.69, 9.17) is 9.84 Å². The normalized spacial score (nSPS) is 10.3. The molecule has 7 heteroatoms. The largest absolute Gasteiger partial charge is 0.477 e. The topological polar surface area (TPSA) is 103 Å². The number of carbonyl (C=O) groups is 1. The smallest absolute Gasteiger partial charge is 0.341 e. The molecule has 0 unspecified atom stereocenters. The Kier molecular flexibility index (Phi) is 7.14. The van der Waals surface area contributed by atoms with Crippen LogP contribution in [0, 0.1) is 10.1 Å². The lowest BCUT2D eigenvalue weighted by atomic mass is 10.1. The molecule has 7 nitrogen and oxygen atoms in total. The average Bonchev–Trinajstić information content (AvgIpc) is 2.46. The van der Waals surface area contributed by atoms with Gasteiger partial charge in [-0.2, -0.15) is 0 Å². The summed E-state index contributed by atoms with van der Waals surface area (Å²) in [6, 6.07) is 0.964. The maximum absolute atomic E-state index is 11.1. The minimum atomic E-state index is -1.29. The Hall–Kier alpha value is -2.18. The van der Waals surface area contributed by atoms with Crippen molar-refractivity contribution in [2.45, 2.75) is 45.4 Å². The van der Waals surface area contributed by atoms with Crippen molar-refractivity contribution < 1.29 is 19.6 Å². The monoisotopic (exact) mass is 296 g/mol. The van der Waals surface area contributed by atoms with Gasteiger partial charge < -0.3 is 9.84 Å². The number of pyridine rings is 1. The number of rotatable bonds is 10. The fourth-order valence-corrected chi connectivity index (χ4v) is 1.86. The Labute approximate surface area is 123 Å². The Morgan fingerprint density at radius 3 is 2.62 bits per heavy atom. The summed E-state index contributed by atoms with van der Waals surface area (Å²) < 4.78 is 5.33. The van der Waals surface area contributed by atoms with Crippen LogP contribution in [-0.4, -0.2) is 27.6 Å². The number of hydrogen-bond acceptors (Lipinski definition) is 5. The van der Waals surface area contributed by atoms with Crippen molar-refractivity contribution in [2.24, 2.45) is 0 Å². The van der Waals surface area contributed by atoms with E-state index in [1.807, 2.05) is 0 Å². The molecule has 0 amide bonds. The van der Waals surface area contributed by atoms with Gasteiger partial charge in [-0.3, -0.25) is 10.1 Å². The second-order valence-electron chi connectivity index (χ2n) is 4.72. The van der Waals surface area contributed by atoms with E-state index in [2.05, 4.69) is 11.9 Å². The van der Waals surface area contributed by atoms with Gasteiger partial charge in [0.25, 0.3) is 5.69 Å². The summed E-state index contributed by atoms with van der Waals surface area (Å²) in [5, 5.41) is 19.6. The van der Waals surface area contributed by atoms with Crippen molar-refractivity contribution in [1.82, 2.24) is 4.98 Å².